The zero-order valence-electron chi connectivity index (χ0n) is 7.79. The van der Waals surface area contributed by atoms with Crippen LogP contribution in [0.3, 0.4) is 0 Å². The maximum Gasteiger partial charge on any atom is 0.243 e. The summed E-state index contributed by atoms with van der Waals surface area (Å²) in [5.41, 5.74) is 2.12. The third kappa shape index (κ3) is 3.74. The Morgan fingerprint density at radius 2 is 2.07 bits per heavy atom. The molecule has 0 aliphatic heterocycles. The van der Waals surface area contributed by atoms with Crippen LogP contribution >= 0.6 is 0 Å². The van der Waals surface area contributed by atoms with Gasteiger partial charge in [-0.3, -0.25) is 15.0 Å². The lowest BCUT2D eigenvalue weighted by molar-refractivity contribution is -0.126. The second kappa shape index (κ2) is 5.06. The van der Waals surface area contributed by atoms with Gasteiger partial charge in [-0.2, -0.15) is 0 Å². The number of halogens is 1. The minimum atomic E-state index is -0.607. The van der Waals surface area contributed by atoms with E-state index in [1.807, 2.05) is 5.43 Å². The van der Waals surface area contributed by atoms with E-state index in [1.54, 1.807) is 0 Å². The molecule has 0 aliphatic rings. The van der Waals surface area contributed by atoms with Gasteiger partial charge in [0, 0.05) is 5.69 Å². The average Bonchev–Trinajstić information content (AvgIpc) is 2.17. The molecule has 5 nitrogen and oxygen atoms in total. The number of carbonyl (C=O) groups is 2. The van der Waals surface area contributed by atoms with Gasteiger partial charge in [0.15, 0.2) is 0 Å². The number of amides is 2. The number of nitrogens with one attached hydrogen (secondary N) is 2. The van der Waals surface area contributed by atoms with E-state index in [4.69, 9.17) is 5.84 Å². The number of rotatable bonds is 3. The van der Waals surface area contributed by atoms with E-state index < -0.39 is 24.1 Å². The standard InChI is InChI=1S/C9H10FN3O2/c10-6-2-1-3-7(4-6)12-8(14)5-9(15)13-11/h1-4H,5,11H2,(H,12,14)(H,13,15). The molecule has 0 unspecified atom stereocenters. The third-order valence-electron chi connectivity index (χ3n) is 1.59. The van der Waals surface area contributed by atoms with Crippen LogP contribution in [0, 0.1) is 5.82 Å². The van der Waals surface area contributed by atoms with Crippen LogP contribution in [0.5, 0.6) is 0 Å². The van der Waals surface area contributed by atoms with E-state index in [9.17, 15) is 14.0 Å². The van der Waals surface area contributed by atoms with Gasteiger partial charge in [-0.05, 0) is 18.2 Å². The van der Waals surface area contributed by atoms with Crippen molar-refractivity contribution in [1.82, 2.24) is 5.43 Å². The lowest BCUT2D eigenvalue weighted by Crippen LogP contribution is -2.33. The zero-order chi connectivity index (χ0) is 11.3. The van der Waals surface area contributed by atoms with Gasteiger partial charge in [0.25, 0.3) is 0 Å². The fraction of sp³-hybridized carbons (Fsp3) is 0.111. The first kappa shape index (κ1) is 11.1. The number of hydrogen-bond acceptors (Lipinski definition) is 3. The van der Waals surface area contributed by atoms with Crippen molar-refractivity contribution in [2.45, 2.75) is 6.42 Å². The van der Waals surface area contributed by atoms with Gasteiger partial charge in [0.05, 0.1) is 0 Å². The van der Waals surface area contributed by atoms with Gasteiger partial charge in [0.2, 0.25) is 11.8 Å². The molecular weight excluding hydrogens is 201 g/mol. The van der Waals surface area contributed by atoms with Crippen LogP contribution in [-0.4, -0.2) is 11.8 Å². The Bertz CT molecular complexity index is 381. The molecule has 15 heavy (non-hydrogen) atoms. The van der Waals surface area contributed by atoms with E-state index in [1.165, 1.54) is 18.2 Å². The predicted octanol–water partition coefficient (Wildman–Crippen LogP) is 0.144. The van der Waals surface area contributed by atoms with Crippen molar-refractivity contribution in [3.63, 3.8) is 0 Å². The highest BCUT2D eigenvalue weighted by atomic mass is 19.1. The van der Waals surface area contributed by atoms with E-state index in [0.29, 0.717) is 5.69 Å². The normalized spacial score (nSPS) is 9.47. The Kier molecular flexibility index (Phi) is 3.75. The van der Waals surface area contributed by atoms with Crippen molar-refractivity contribution >= 4 is 17.5 Å². The molecule has 6 heteroatoms. The highest BCUT2D eigenvalue weighted by molar-refractivity contribution is 6.03. The van der Waals surface area contributed by atoms with Gasteiger partial charge in [-0.25, -0.2) is 10.2 Å². The van der Waals surface area contributed by atoms with Crippen molar-refractivity contribution in [3.05, 3.63) is 30.1 Å². The molecule has 1 aromatic rings. The lowest BCUT2D eigenvalue weighted by atomic mass is 10.3. The van der Waals surface area contributed by atoms with Crippen LogP contribution in [0.4, 0.5) is 10.1 Å². The summed E-state index contributed by atoms with van der Waals surface area (Å²) >= 11 is 0. The Morgan fingerprint density at radius 3 is 2.67 bits per heavy atom. The summed E-state index contributed by atoms with van der Waals surface area (Å²) in [6.45, 7) is 0. The molecule has 0 fully saturated rings. The van der Waals surface area contributed by atoms with Crippen molar-refractivity contribution in [3.8, 4) is 0 Å². The van der Waals surface area contributed by atoms with Gasteiger partial charge in [-0.15, -0.1) is 0 Å². The molecule has 1 aromatic carbocycles. The summed E-state index contributed by atoms with van der Waals surface area (Å²) in [7, 11) is 0. The van der Waals surface area contributed by atoms with Crippen molar-refractivity contribution in [1.29, 1.82) is 0 Å². The second-order valence-corrected chi connectivity index (χ2v) is 2.80. The molecule has 4 N–H and O–H groups in total. The molecule has 1 rings (SSSR count). The molecule has 0 heterocycles. The monoisotopic (exact) mass is 211 g/mol. The summed E-state index contributed by atoms with van der Waals surface area (Å²) in [6.07, 6.45) is -0.396. The molecule has 0 bridgehead atoms. The fourth-order valence-corrected chi connectivity index (χ4v) is 0.968. The number of hydrogen-bond donors (Lipinski definition) is 3. The molecule has 2 amide bonds. The first-order valence-electron chi connectivity index (χ1n) is 4.16. The summed E-state index contributed by atoms with van der Waals surface area (Å²) < 4.78 is 12.7. The lowest BCUT2D eigenvalue weighted by Gasteiger charge is -2.03. The Balaban J connectivity index is 2.55. The van der Waals surface area contributed by atoms with Crippen LogP contribution < -0.4 is 16.6 Å². The first-order valence-corrected chi connectivity index (χ1v) is 4.16. The SMILES string of the molecule is NNC(=O)CC(=O)Nc1cccc(F)c1. The van der Waals surface area contributed by atoms with Crippen molar-refractivity contribution in [2.75, 3.05) is 5.32 Å². The van der Waals surface area contributed by atoms with Gasteiger partial charge in [-0.1, -0.05) is 6.07 Å². The van der Waals surface area contributed by atoms with Gasteiger partial charge < -0.3 is 5.32 Å². The van der Waals surface area contributed by atoms with Crippen molar-refractivity contribution in [2.24, 2.45) is 5.84 Å². The molecule has 0 radical (unpaired) electrons. The summed E-state index contributed by atoms with van der Waals surface area (Å²) in [5, 5.41) is 2.35. The third-order valence-corrected chi connectivity index (χ3v) is 1.59. The number of nitrogens with two attached hydrogens (primary N) is 1. The molecular formula is C9H10FN3O2. The van der Waals surface area contributed by atoms with Crippen LogP contribution in [0.15, 0.2) is 24.3 Å². The van der Waals surface area contributed by atoms with Crippen LogP contribution in [0.1, 0.15) is 6.42 Å². The van der Waals surface area contributed by atoms with E-state index in [2.05, 4.69) is 5.32 Å². The highest BCUT2D eigenvalue weighted by Gasteiger charge is 2.08. The maximum atomic E-state index is 12.7. The van der Waals surface area contributed by atoms with E-state index in [0.717, 1.165) is 6.07 Å². The number of carbonyl (C=O) groups excluding carboxylic acids is 2. The minimum Gasteiger partial charge on any atom is -0.326 e. The zero-order valence-corrected chi connectivity index (χ0v) is 7.79. The predicted molar refractivity (Wildman–Crippen MR) is 52.0 cm³/mol. The van der Waals surface area contributed by atoms with Crippen LogP contribution in [0.2, 0.25) is 0 Å². The minimum absolute atomic E-state index is 0.296. The smallest absolute Gasteiger partial charge is 0.243 e. The number of anilines is 1. The molecule has 0 saturated heterocycles. The Morgan fingerprint density at radius 1 is 1.33 bits per heavy atom. The van der Waals surface area contributed by atoms with Crippen molar-refractivity contribution < 1.29 is 14.0 Å². The highest BCUT2D eigenvalue weighted by Crippen LogP contribution is 2.09. The topological polar surface area (TPSA) is 84.2 Å². The first-order chi connectivity index (χ1) is 7.11. The molecule has 0 aromatic heterocycles. The molecule has 0 atom stereocenters. The van der Waals surface area contributed by atoms with Crippen LogP contribution in [0.25, 0.3) is 0 Å². The molecule has 80 valence electrons. The average molecular weight is 211 g/mol. The summed E-state index contributed by atoms with van der Waals surface area (Å²) in [6, 6.07) is 5.37. The van der Waals surface area contributed by atoms with Gasteiger partial charge >= 0.3 is 0 Å². The maximum absolute atomic E-state index is 12.7. The molecule has 0 spiro atoms. The van der Waals surface area contributed by atoms with Crippen LogP contribution in [-0.2, 0) is 9.59 Å². The molecule has 0 aliphatic carbocycles. The fourth-order valence-electron chi connectivity index (χ4n) is 0.968. The number of benzene rings is 1. The Hall–Kier alpha value is -1.95. The summed E-state index contributed by atoms with van der Waals surface area (Å²) in [5.74, 6) is 3.18. The summed E-state index contributed by atoms with van der Waals surface area (Å²) in [4.78, 5) is 21.9. The Labute approximate surface area is 85.4 Å². The second-order valence-electron chi connectivity index (χ2n) is 2.80. The van der Waals surface area contributed by atoms with E-state index >= 15 is 0 Å². The number of hydrazine groups is 1. The largest absolute Gasteiger partial charge is 0.326 e. The quantitative estimate of drug-likeness (QED) is 0.288. The molecule has 0 saturated carbocycles. The van der Waals surface area contributed by atoms with E-state index in [-0.39, 0.29) is 0 Å². The van der Waals surface area contributed by atoms with Gasteiger partial charge in [0.1, 0.15) is 12.2 Å².